The molecule has 1 aliphatic rings. The molecule has 2 heterocycles. The van der Waals surface area contributed by atoms with E-state index in [1.165, 1.54) is 4.90 Å². The number of β-amino-alcohol motifs (C(OH)–C–C–N with tert-alkyl or cyclic N) is 1. The number of halogens is 1. The van der Waals surface area contributed by atoms with Crippen LogP contribution < -0.4 is 10.6 Å². The van der Waals surface area contributed by atoms with Crippen molar-refractivity contribution in [2.75, 3.05) is 25.6 Å². The van der Waals surface area contributed by atoms with Crippen molar-refractivity contribution in [3.63, 3.8) is 0 Å². The quantitative estimate of drug-likeness (QED) is 0.180. The van der Waals surface area contributed by atoms with Crippen molar-refractivity contribution >= 4 is 40.7 Å². The van der Waals surface area contributed by atoms with Crippen molar-refractivity contribution in [3.8, 4) is 10.4 Å². The lowest BCUT2D eigenvalue weighted by Crippen LogP contribution is -2.57. The third-order valence-corrected chi connectivity index (χ3v) is 8.76. The van der Waals surface area contributed by atoms with E-state index in [0.717, 1.165) is 53.8 Å². The summed E-state index contributed by atoms with van der Waals surface area (Å²) in [4.78, 5) is 46.7. The largest absolute Gasteiger partial charge is 0.391 e. The lowest BCUT2D eigenvalue weighted by molar-refractivity contribution is -0.144. The summed E-state index contributed by atoms with van der Waals surface area (Å²) in [6, 6.07) is 6.31. The highest BCUT2D eigenvalue weighted by Crippen LogP contribution is 2.28. The molecule has 43 heavy (non-hydrogen) atoms. The van der Waals surface area contributed by atoms with Gasteiger partial charge >= 0.3 is 0 Å². The van der Waals surface area contributed by atoms with Gasteiger partial charge in [0.2, 0.25) is 17.7 Å². The lowest BCUT2D eigenvalue weighted by Gasteiger charge is -2.35. The summed E-state index contributed by atoms with van der Waals surface area (Å²) in [6.45, 7) is 9.27. The Bertz CT molecular complexity index is 1180. The van der Waals surface area contributed by atoms with Gasteiger partial charge in [0.25, 0.3) is 0 Å². The number of benzene rings is 1. The molecule has 3 N–H and O–H groups in total. The Morgan fingerprint density at radius 2 is 1.81 bits per heavy atom. The van der Waals surface area contributed by atoms with Crippen LogP contribution in [-0.2, 0) is 25.7 Å². The Balaban J connectivity index is 1.52. The standard InChI is InChI=1S/C32H47ClN4O5S/c1-22-28(43-21-35-22)24-13-11-23(12-14-24)19-34-30(40)26-18-25(38)20-37(26)31(41)29(32(2,3)4)36-27(39)10-8-6-5-7-9-16-42-17-15-33/h11-14,21,25-26,29,38H,5-10,15-20H2,1-4H3,(H,34,40)(H,36,39)/t25-,26+,29?/m1/s1. The third kappa shape index (κ3) is 10.8. The van der Waals surface area contributed by atoms with Crippen LogP contribution in [0.3, 0.4) is 0 Å². The van der Waals surface area contributed by atoms with Crippen LogP contribution >= 0.6 is 22.9 Å². The van der Waals surface area contributed by atoms with Gasteiger partial charge < -0.3 is 25.4 Å². The number of hydrogen-bond donors (Lipinski definition) is 3. The molecule has 3 atom stereocenters. The van der Waals surface area contributed by atoms with E-state index in [9.17, 15) is 19.5 Å². The predicted molar refractivity (Wildman–Crippen MR) is 171 cm³/mol. The molecule has 3 rings (SSSR count). The third-order valence-electron chi connectivity index (χ3n) is 7.63. The normalized spacial score (nSPS) is 17.6. The number of nitrogens with zero attached hydrogens (tertiary/aromatic N) is 2. The van der Waals surface area contributed by atoms with Gasteiger partial charge in [0.05, 0.1) is 28.8 Å². The van der Waals surface area contributed by atoms with Crippen molar-refractivity contribution in [1.82, 2.24) is 20.5 Å². The monoisotopic (exact) mass is 634 g/mol. The number of rotatable bonds is 16. The molecule has 0 saturated carbocycles. The van der Waals surface area contributed by atoms with E-state index in [0.29, 0.717) is 32.1 Å². The number of likely N-dealkylation sites (tertiary alicyclic amines) is 1. The second-order valence-electron chi connectivity index (χ2n) is 12.3. The average Bonchev–Trinajstić information content (AvgIpc) is 3.58. The molecule has 238 valence electrons. The molecule has 11 heteroatoms. The smallest absolute Gasteiger partial charge is 0.246 e. The van der Waals surface area contributed by atoms with E-state index in [1.54, 1.807) is 11.3 Å². The number of aliphatic hydroxyl groups excluding tert-OH is 1. The molecule has 0 aliphatic carbocycles. The first kappa shape index (κ1) is 35.0. The second-order valence-corrected chi connectivity index (χ2v) is 13.5. The Labute approximate surface area is 264 Å². The van der Waals surface area contributed by atoms with Crippen LogP contribution in [0.2, 0.25) is 0 Å². The highest BCUT2D eigenvalue weighted by atomic mass is 35.5. The molecular formula is C32H47ClN4O5S. The molecule has 0 radical (unpaired) electrons. The fourth-order valence-corrected chi connectivity index (χ4v) is 6.11. The van der Waals surface area contributed by atoms with Crippen molar-refractivity contribution in [2.45, 2.75) is 97.4 Å². The number of alkyl halides is 1. The van der Waals surface area contributed by atoms with E-state index in [4.69, 9.17) is 16.3 Å². The number of carbonyl (C=O) groups excluding carboxylic acids is 3. The van der Waals surface area contributed by atoms with E-state index in [2.05, 4.69) is 15.6 Å². The zero-order valence-corrected chi connectivity index (χ0v) is 27.4. The Hall–Kier alpha value is -2.53. The van der Waals surface area contributed by atoms with Gasteiger partial charge in [-0.15, -0.1) is 22.9 Å². The zero-order valence-electron chi connectivity index (χ0n) is 25.9. The van der Waals surface area contributed by atoms with E-state index in [1.807, 2.05) is 57.5 Å². The molecule has 1 aliphatic heterocycles. The summed E-state index contributed by atoms with van der Waals surface area (Å²) in [5.41, 5.74) is 4.22. The Kier molecular flexibility index (Phi) is 13.9. The lowest BCUT2D eigenvalue weighted by atomic mass is 9.85. The number of aliphatic hydroxyl groups is 1. The summed E-state index contributed by atoms with van der Waals surface area (Å²) < 4.78 is 5.37. The highest BCUT2D eigenvalue weighted by molar-refractivity contribution is 7.13. The molecule has 1 aromatic carbocycles. The van der Waals surface area contributed by atoms with Gasteiger partial charge in [0, 0.05) is 38.4 Å². The molecule has 0 spiro atoms. The van der Waals surface area contributed by atoms with Crippen LogP contribution in [0.15, 0.2) is 29.8 Å². The first-order valence-electron chi connectivity index (χ1n) is 15.2. The van der Waals surface area contributed by atoms with Crippen LogP contribution in [0.25, 0.3) is 10.4 Å². The van der Waals surface area contributed by atoms with Crippen LogP contribution in [0.4, 0.5) is 0 Å². The number of aromatic nitrogens is 1. The number of ether oxygens (including phenoxy) is 1. The molecule has 9 nitrogen and oxygen atoms in total. The minimum Gasteiger partial charge on any atom is -0.391 e. The molecule has 0 bridgehead atoms. The van der Waals surface area contributed by atoms with Gasteiger partial charge in [-0.25, -0.2) is 4.98 Å². The van der Waals surface area contributed by atoms with Crippen molar-refractivity contribution in [2.24, 2.45) is 5.41 Å². The van der Waals surface area contributed by atoms with Gasteiger partial charge in [-0.1, -0.05) is 64.3 Å². The fourth-order valence-electron chi connectivity index (χ4n) is 5.19. The molecule has 1 aromatic heterocycles. The maximum atomic E-state index is 13.8. The summed E-state index contributed by atoms with van der Waals surface area (Å²) >= 11 is 7.19. The number of unbranched alkanes of at least 4 members (excludes halogenated alkanes) is 4. The minimum atomic E-state index is -0.817. The topological polar surface area (TPSA) is 121 Å². The number of amides is 3. The summed E-state index contributed by atoms with van der Waals surface area (Å²) in [7, 11) is 0. The number of nitrogens with one attached hydrogen (secondary N) is 2. The van der Waals surface area contributed by atoms with Gasteiger partial charge in [0.15, 0.2) is 0 Å². The molecule has 3 amide bonds. The van der Waals surface area contributed by atoms with Gasteiger partial charge in [-0.2, -0.15) is 0 Å². The zero-order chi connectivity index (χ0) is 31.4. The van der Waals surface area contributed by atoms with Gasteiger partial charge in [-0.3, -0.25) is 14.4 Å². The second kappa shape index (κ2) is 17.1. The fraction of sp³-hybridized carbons (Fsp3) is 0.625. The molecule has 1 fully saturated rings. The highest BCUT2D eigenvalue weighted by Gasteiger charge is 2.44. The maximum absolute atomic E-state index is 13.8. The number of carbonyl (C=O) groups is 3. The van der Waals surface area contributed by atoms with Crippen molar-refractivity contribution in [1.29, 1.82) is 0 Å². The molecule has 2 aromatic rings. The summed E-state index contributed by atoms with van der Waals surface area (Å²) in [5, 5.41) is 16.3. The Morgan fingerprint density at radius 3 is 2.47 bits per heavy atom. The maximum Gasteiger partial charge on any atom is 0.246 e. The van der Waals surface area contributed by atoms with Gasteiger partial charge in [-0.05, 0) is 36.3 Å². The molecule has 1 saturated heterocycles. The van der Waals surface area contributed by atoms with Crippen molar-refractivity contribution in [3.05, 3.63) is 41.0 Å². The van der Waals surface area contributed by atoms with Gasteiger partial charge in [0.1, 0.15) is 12.1 Å². The first-order chi connectivity index (χ1) is 20.5. The number of thiazole rings is 1. The minimum absolute atomic E-state index is 0.0525. The van der Waals surface area contributed by atoms with Crippen LogP contribution in [0.1, 0.15) is 77.0 Å². The summed E-state index contributed by atoms with van der Waals surface area (Å²) in [6.07, 6.45) is 4.35. The Morgan fingerprint density at radius 1 is 1.12 bits per heavy atom. The average molecular weight is 635 g/mol. The SMILES string of the molecule is Cc1ncsc1-c1ccc(CNC(=O)[C@@H]2C[C@@H](O)CN2C(=O)C(NC(=O)CCCCCCCOCCCl)C(C)(C)C)cc1. The first-order valence-corrected chi connectivity index (χ1v) is 16.6. The van der Waals surface area contributed by atoms with Crippen LogP contribution in [0, 0.1) is 12.3 Å². The van der Waals surface area contributed by atoms with E-state index in [-0.39, 0.29) is 30.7 Å². The van der Waals surface area contributed by atoms with E-state index >= 15 is 0 Å². The van der Waals surface area contributed by atoms with Crippen molar-refractivity contribution < 1.29 is 24.2 Å². The van der Waals surface area contributed by atoms with Crippen LogP contribution in [-0.4, -0.2) is 76.5 Å². The van der Waals surface area contributed by atoms with Crippen LogP contribution in [0.5, 0.6) is 0 Å². The molecule has 1 unspecified atom stereocenters. The number of aryl methyl sites for hydroxylation is 1. The van der Waals surface area contributed by atoms with E-state index < -0.39 is 23.6 Å². The predicted octanol–water partition coefficient (Wildman–Crippen LogP) is 4.82. The number of hydrogen-bond acceptors (Lipinski definition) is 7. The summed E-state index contributed by atoms with van der Waals surface area (Å²) in [5.74, 6) is -0.349. The molecular weight excluding hydrogens is 588 g/mol.